The summed E-state index contributed by atoms with van der Waals surface area (Å²) < 4.78 is 5.22. The van der Waals surface area contributed by atoms with Crippen molar-refractivity contribution in [1.82, 2.24) is 5.32 Å². The van der Waals surface area contributed by atoms with E-state index in [-0.39, 0.29) is 17.2 Å². The largest absolute Gasteiger partial charge is 0.495 e. The van der Waals surface area contributed by atoms with E-state index in [9.17, 15) is 4.79 Å². The highest BCUT2D eigenvalue weighted by Gasteiger charge is 2.38. The number of nitrogens with zero attached hydrogens (tertiary/aromatic N) is 1. The van der Waals surface area contributed by atoms with Crippen LogP contribution in [0.15, 0.2) is 18.2 Å². The Hall–Kier alpha value is -1.93. The molecule has 2 N–H and O–H groups in total. The summed E-state index contributed by atoms with van der Waals surface area (Å²) in [5.74, 6) is 1.07. The monoisotopic (exact) mass is 347 g/mol. The van der Waals surface area contributed by atoms with Gasteiger partial charge in [0.05, 0.1) is 18.6 Å². The summed E-state index contributed by atoms with van der Waals surface area (Å²) in [7, 11) is 1.54. The average molecular weight is 348 g/mol. The van der Waals surface area contributed by atoms with Gasteiger partial charge in [0.1, 0.15) is 11.8 Å². The van der Waals surface area contributed by atoms with E-state index in [1.165, 1.54) is 0 Å². The Bertz CT molecular complexity index is 658. The van der Waals surface area contributed by atoms with E-state index < -0.39 is 0 Å². The van der Waals surface area contributed by atoms with Crippen LogP contribution >= 0.6 is 11.6 Å². The molecule has 1 amide bonds. The maximum Gasteiger partial charge on any atom is 0.225 e. The van der Waals surface area contributed by atoms with Gasteiger partial charge in [-0.2, -0.15) is 5.26 Å². The molecule has 0 spiro atoms. The molecule has 1 saturated carbocycles. The van der Waals surface area contributed by atoms with Crippen molar-refractivity contribution in [2.45, 2.75) is 37.1 Å². The summed E-state index contributed by atoms with van der Waals surface area (Å²) in [5.41, 5.74) is 1.34. The first kappa shape index (κ1) is 16.9. The zero-order valence-corrected chi connectivity index (χ0v) is 14.5. The third kappa shape index (κ3) is 3.59. The van der Waals surface area contributed by atoms with Gasteiger partial charge in [-0.3, -0.25) is 4.79 Å². The highest BCUT2D eigenvalue weighted by atomic mass is 35.5. The smallest absolute Gasteiger partial charge is 0.225 e. The molecule has 0 radical (unpaired) electrons. The Morgan fingerprint density at radius 2 is 2.25 bits per heavy atom. The highest BCUT2D eigenvalue weighted by molar-refractivity contribution is 6.20. The minimum atomic E-state index is -0.0603. The van der Waals surface area contributed by atoms with Crippen LogP contribution in [0.25, 0.3) is 0 Å². The summed E-state index contributed by atoms with van der Waals surface area (Å²) in [4.78, 5) is 12.3. The summed E-state index contributed by atoms with van der Waals surface area (Å²) >= 11 is 6.29. The fourth-order valence-corrected chi connectivity index (χ4v) is 4.10. The van der Waals surface area contributed by atoms with Crippen molar-refractivity contribution in [3.63, 3.8) is 0 Å². The lowest BCUT2D eigenvalue weighted by Crippen LogP contribution is -2.53. The van der Waals surface area contributed by atoms with Gasteiger partial charge in [-0.05, 0) is 43.7 Å². The van der Waals surface area contributed by atoms with Crippen molar-refractivity contribution >= 4 is 23.2 Å². The molecule has 1 aromatic carbocycles. The van der Waals surface area contributed by atoms with E-state index >= 15 is 0 Å². The van der Waals surface area contributed by atoms with E-state index in [1.54, 1.807) is 19.2 Å². The third-order valence-corrected chi connectivity index (χ3v) is 5.48. The number of ether oxygens (including phenoxy) is 1. The Labute approximate surface area is 147 Å². The van der Waals surface area contributed by atoms with Crippen LogP contribution in [0.3, 0.4) is 0 Å². The van der Waals surface area contributed by atoms with Gasteiger partial charge < -0.3 is 15.4 Å². The lowest BCUT2D eigenvalue weighted by atomic mass is 9.75. The molecule has 6 heteroatoms. The molecule has 2 fully saturated rings. The molecule has 4 unspecified atom stereocenters. The van der Waals surface area contributed by atoms with Gasteiger partial charge in [0, 0.05) is 29.7 Å². The van der Waals surface area contributed by atoms with Crippen LogP contribution in [0, 0.1) is 23.2 Å². The van der Waals surface area contributed by atoms with Gasteiger partial charge in [-0.1, -0.05) is 0 Å². The first-order valence-corrected chi connectivity index (χ1v) is 8.80. The van der Waals surface area contributed by atoms with E-state index in [0.29, 0.717) is 29.8 Å². The molecule has 0 aromatic heterocycles. The Morgan fingerprint density at radius 1 is 1.42 bits per heavy atom. The predicted molar refractivity (Wildman–Crippen MR) is 93.2 cm³/mol. The zero-order chi connectivity index (χ0) is 17.1. The standard InChI is InChI=1S/C18H22ClN3O2/c1-24-17-8-15(4-2-11(17)9-20)21-10-13-6-12-7-14(19)3-5-16(12)22-18(13)23/h2,4,8,12-14,16,21H,3,5-7,10H2,1H3,(H,22,23). The van der Waals surface area contributed by atoms with E-state index in [0.717, 1.165) is 31.4 Å². The van der Waals surface area contributed by atoms with Crippen LogP contribution in [0.4, 0.5) is 5.69 Å². The maximum atomic E-state index is 12.3. The summed E-state index contributed by atoms with van der Waals surface area (Å²) in [5, 5.41) is 15.7. The number of benzene rings is 1. The van der Waals surface area contributed by atoms with Crippen LogP contribution in [0.1, 0.15) is 31.2 Å². The van der Waals surface area contributed by atoms with Crippen LogP contribution < -0.4 is 15.4 Å². The topological polar surface area (TPSA) is 74.2 Å². The zero-order valence-electron chi connectivity index (χ0n) is 13.7. The molecule has 24 heavy (non-hydrogen) atoms. The number of piperidine rings is 1. The molecule has 128 valence electrons. The molecule has 4 atom stereocenters. The SMILES string of the molecule is COc1cc(NCC2CC3CC(Cl)CCC3NC2=O)ccc1C#N. The number of hydrogen-bond donors (Lipinski definition) is 2. The molecule has 5 nitrogen and oxygen atoms in total. The molecule has 3 rings (SSSR count). The number of hydrogen-bond acceptors (Lipinski definition) is 4. The second-order valence-electron chi connectivity index (χ2n) is 6.63. The van der Waals surface area contributed by atoms with Crippen LogP contribution in [-0.2, 0) is 4.79 Å². The number of methoxy groups -OCH3 is 1. The molecular weight excluding hydrogens is 326 g/mol. The van der Waals surface area contributed by atoms with Gasteiger partial charge in [0.15, 0.2) is 0 Å². The van der Waals surface area contributed by atoms with Gasteiger partial charge in [0.25, 0.3) is 0 Å². The number of nitrogens with one attached hydrogen (secondary N) is 2. The van der Waals surface area contributed by atoms with Crippen molar-refractivity contribution in [2.24, 2.45) is 11.8 Å². The van der Waals surface area contributed by atoms with Crippen molar-refractivity contribution in [3.8, 4) is 11.8 Å². The Kier molecular flexibility index (Phi) is 5.15. The fourth-order valence-electron chi connectivity index (χ4n) is 3.74. The summed E-state index contributed by atoms with van der Waals surface area (Å²) in [6.45, 7) is 0.567. The second-order valence-corrected chi connectivity index (χ2v) is 7.24. The summed E-state index contributed by atoms with van der Waals surface area (Å²) in [6, 6.07) is 7.72. The fraction of sp³-hybridized carbons (Fsp3) is 0.556. The molecular formula is C18H22ClN3O2. The lowest BCUT2D eigenvalue weighted by molar-refractivity contribution is -0.129. The number of carbonyl (C=O) groups is 1. The number of fused-ring (bicyclic) bond motifs is 1. The van der Waals surface area contributed by atoms with E-state index in [1.807, 2.05) is 6.07 Å². The molecule has 1 saturated heterocycles. The van der Waals surface area contributed by atoms with Gasteiger partial charge >= 0.3 is 0 Å². The summed E-state index contributed by atoms with van der Waals surface area (Å²) in [6.07, 6.45) is 3.82. The second kappa shape index (κ2) is 7.31. The van der Waals surface area contributed by atoms with Gasteiger partial charge in [0.2, 0.25) is 5.91 Å². The Morgan fingerprint density at radius 3 is 3.00 bits per heavy atom. The molecule has 0 bridgehead atoms. The molecule has 1 aliphatic carbocycles. The minimum absolute atomic E-state index is 0.0603. The maximum absolute atomic E-state index is 12.3. The lowest BCUT2D eigenvalue weighted by Gasteiger charge is -2.41. The van der Waals surface area contributed by atoms with Crippen LogP contribution in [0.5, 0.6) is 5.75 Å². The first-order valence-electron chi connectivity index (χ1n) is 8.37. The van der Waals surface area contributed by atoms with Gasteiger partial charge in [-0.25, -0.2) is 0 Å². The molecule has 1 aromatic rings. The Balaban J connectivity index is 1.62. The number of rotatable bonds is 4. The van der Waals surface area contributed by atoms with Crippen molar-refractivity contribution in [1.29, 1.82) is 5.26 Å². The predicted octanol–water partition coefficient (Wildman–Crippen LogP) is 2.89. The third-order valence-electron chi connectivity index (χ3n) is 5.08. The number of amides is 1. The van der Waals surface area contributed by atoms with Crippen LogP contribution in [0.2, 0.25) is 0 Å². The number of anilines is 1. The molecule has 1 heterocycles. The van der Waals surface area contributed by atoms with E-state index in [2.05, 4.69) is 16.7 Å². The number of halogens is 1. The van der Waals surface area contributed by atoms with Crippen molar-refractivity contribution in [2.75, 3.05) is 19.0 Å². The number of alkyl halides is 1. The molecule has 1 aliphatic heterocycles. The van der Waals surface area contributed by atoms with Gasteiger partial charge in [-0.15, -0.1) is 11.6 Å². The normalized spacial score (nSPS) is 29.1. The number of carbonyl (C=O) groups excluding carboxylic acids is 1. The minimum Gasteiger partial charge on any atom is -0.495 e. The first-order chi connectivity index (χ1) is 11.6. The van der Waals surface area contributed by atoms with Crippen molar-refractivity contribution < 1.29 is 9.53 Å². The average Bonchev–Trinajstić information content (AvgIpc) is 2.60. The number of nitriles is 1. The van der Waals surface area contributed by atoms with E-state index in [4.69, 9.17) is 21.6 Å². The molecule has 2 aliphatic rings. The highest BCUT2D eigenvalue weighted by Crippen LogP contribution is 2.35. The van der Waals surface area contributed by atoms with Crippen LogP contribution in [-0.4, -0.2) is 31.0 Å². The van der Waals surface area contributed by atoms with Crippen molar-refractivity contribution in [3.05, 3.63) is 23.8 Å². The quantitative estimate of drug-likeness (QED) is 0.821.